The second-order valence-electron chi connectivity index (χ2n) is 10.6. The number of likely N-dealkylation sites (tertiary alicyclic amines) is 2. The normalized spacial score (nSPS) is 33.4. The summed E-state index contributed by atoms with van der Waals surface area (Å²) in [5.41, 5.74) is 6.47. The van der Waals surface area contributed by atoms with Crippen molar-refractivity contribution in [3.05, 3.63) is 28.8 Å². The molecule has 3 saturated heterocycles. The second kappa shape index (κ2) is 8.43. The zero-order chi connectivity index (χ0) is 23.5. The van der Waals surface area contributed by atoms with Crippen LogP contribution in [0.2, 0.25) is 5.02 Å². The highest BCUT2D eigenvalue weighted by molar-refractivity contribution is 6.30. The van der Waals surface area contributed by atoms with Crippen LogP contribution in [-0.2, 0) is 14.3 Å². The van der Waals surface area contributed by atoms with Gasteiger partial charge < -0.3 is 25.0 Å². The fraction of sp³-hybridized carbons (Fsp3) is 0.680. The lowest BCUT2D eigenvalue weighted by Gasteiger charge is -2.53. The van der Waals surface area contributed by atoms with Gasteiger partial charge in [-0.15, -0.1) is 0 Å². The molecule has 180 valence electrons. The third-order valence-corrected chi connectivity index (χ3v) is 8.21. The number of hydrogen-bond donors (Lipinski definition) is 1. The SMILES string of the molecule is C[C@H](N)C(=O)N1CCC[C@H]1C(=O)N1CC[C@@H]2O[C@@H]3c4cc(Cl)ccc4OC(C)(C)[C@H]3C[C@@H]2C1. The number of nitrogens with zero attached hydrogens (tertiary/aromatic N) is 2. The van der Waals surface area contributed by atoms with Crippen molar-refractivity contribution in [1.29, 1.82) is 0 Å². The highest BCUT2D eigenvalue weighted by Crippen LogP contribution is 2.53. The lowest BCUT2D eigenvalue weighted by Crippen LogP contribution is -2.58. The fourth-order valence-electron chi connectivity index (χ4n) is 6.24. The Labute approximate surface area is 200 Å². The van der Waals surface area contributed by atoms with Crippen molar-refractivity contribution in [2.45, 2.75) is 76.3 Å². The Morgan fingerprint density at radius 1 is 1.24 bits per heavy atom. The van der Waals surface area contributed by atoms with Gasteiger partial charge in [0.05, 0.1) is 18.2 Å². The predicted octanol–water partition coefficient (Wildman–Crippen LogP) is 3.14. The minimum atomic E-state index is -0.585. The van der Waals surface area contributed by atoms with E-state index >= 15 is 0 Å². The Hall–Kier alpha value is -1.83. The van der Waals surface area contributed by atoms with E-state index in [1.807, 2.05) is 23.1 Å². The molecule has 1 aromatic rings. The predicted molar refractivity (Wildman–Crippen MR) is 125 cm³/mol. The Kier molecular flexibility index (Phi) is 5.86. The van der Waals surface area contributed by atoms with Crippen LogP contribution in [0, 0.1) is 11.8 Å². The van der Waals surface area contributed by atoms with E-state index in [2.05, 4.69) is 13.8 Å². The molecule has 5 rings (SSSR count). The molecule has 0 aromatic heterocycles. The summed E-state index contributed by atoms with van der Waals surface area (Å²) in [5, 5.41) is 0.685. The average molecular weight is 476 g/mol. The van der Waals surface area contributed by atoms with Gasteiger partial charge in [0.25, 0.3) is 0 Å². The van der Waals surface area contributed by atoms with E-state index in [9.17, 15) is 9.59 Å². The number of halogens is 1. The largest absolute Gasteiger partial charge is 0.487 e. The number of ether oxygens (including phenoxy) is 2. The standard InChI is InChI=1S/C25H34ClN3O4/c1-14(27)23(30)29-9-4-5-19(29)24(31)28-10-8-20-15(13-28)11-18-22(32-20)17-12-16(26)6-7-21(17)33-25(18,2)3/h6-7,12,14-15,18-20,22H,4-5,8-11,13,27H2,1-3H3/t14-,15+,18-,19-,20-,22+/m0/s1. The summed E-state index contributed by atoms with van der Waals surface area (Å²) in [6.45, 7) is 7.83. The number of rotatable bonds is 2. The summed E-state index contributed by atoms with van der Waals surface area (Å²) in [4.78, 5) is 29.6. The van der Waals surface area contributed by atoms with Gasteiger partial charge in [0.2, 0.25) is 11.8 Å². The molecule has 2 amide bonds. The van der Waals surface area contributed by atoms with Gasteiger partial charge in [-0.2, -0.15) is 0 Å². The number of carbonyl (C=O) groups is 2. The van der Waals surface area contributed by atoms with Crippen LogP contribution in [-0.4, -0.2) is 65.0 Å². The lowest BCUT2D eigenvalue weighted by atomic mass is 9.70. The number of fused-ring (bicyclic) bond motifs is 4. The zero-order valence-electron chi connectivity index (χ0n) is 19.6. The Morgan fingerprint density at radius 3 is 2.79 bits per heavy atom. The first-order valence-corrected chi connectivity index (χ1v) is 12.5. The first-order chi connectivity index (χ1) is 15.7. The molecule has 4 heterocycles. The summed E-state index contributed by atoms with van der Waals surface area (Å²) in [5.74, 6) is 1.17. The number of amides is 2. The molecule has 6 atom stereocenters. The van der Waals surface area contributed by atoms with Gasteiger partial charge in [0.15, 0.2) is 0 Å². The maximum atomic E-state index is 13.4. The Morgan fingerprint density at radius 2 is 2.03 bits per heavy atom. The third-order valence-electron chi connectivity index (χ3n) is 7.97. The minimum absolute atomic E-state index is 0.0540. The van der Waals surface area contributed by atoms with Crippen molar-refractivity contribution in [1.82, 2.24) is 9.80 Å². The van der Waals surface area contributed by atoms with Crippen molar-refractivity contribution in [2.75, 3.05) is 19.6 Å². The highest BCUT2D eigenvalue weighted by atomic mass is 35.5. The molecule has 0 saturated carbocycles. The maximum absolute atomic E-state index is 13.4. The number of benzene rings is 1. The molecule has 0 aliphatic carbocycles. The van der Waals surface area contributed by atoms with Crippen LogP contribution in [0.15, 0.2) is 18.2 Å². The van der Waals surface area contributed by atoms with Gasteiger partial charge in [-0.3, -0.25) is 9.59 Å². The molecule has 8 heteroatoms. The summed E-state index contributed by atoms with van der Waals surface area (Å²) < 4.78 is 13.1. The number of hydrogen-bond acceptors (Lipinski definition) is 5. The molecular weight excluding hydrogens is 442 g/mol. The van der Waals surface area contributed by atoms with Crippen LogP contribution in [0.4, 0.5) is 0 Å². The van der Waals surface area contributed by atoms with Crippen LogP contribution in [0.3, 0.4) is 0 Å². The van der Waals surface area contributed by atoms with Crippen LogP contribution in [0.5, 0.6) is 5.75 Å². The second-order valence-corrected chi connectivity index (χ2v) is 11.1. The monoisotopic (exact) mass is 475 g/mol. The molecular formula is C25H34ClN3O4. The van der Waals surface area contributed by atoms with E-state index in [0.717, 1.165) is 30.6 Å². The van der Waals surface area contributed by atoms with Gasteiger partial charge in [-0.05, 0) is 64.7 Å². The molecule has 0 bridgehead atoms. The van der Waals surface area contributed by atoms with E-state index in [1.54, 1.807) is 11.8 Å². The number of nitrogens with two attached hydrogens (primary N) is 1. The van der Waals surface area contributed by atoms with Crippen molar-refractivity contribution < 1.29 is 19.1 Å². The smallest absolute Gasteiger partial charge is 0.245 e. The quantitative estimate of drug-likeness (QED) is 0.710. The number of piperidine rings is 1. The van der Waals surface area contributed by atoms with Gasteiger partial charge in [0, 0.05) is 42.1 Å². The van der Waals surface area contributed by atoms with Crippen LogP contribution >= 0.6 is 11.6 Å². The molecule has 7 nitrogen and oxygen atoms in total. The van der Waals surface area contributed by atoms with Crippen molar-refractivity contribution >= 4 is 23.4 Å². The van der Waals surface area contributed by atoms with Gasteiger partial charge in [0.1, 0.15) is 17.4 Å². The van der Waals surface area contributed by atoms with Gasteiger partial charge in [-0.1, -0.05) is 11.6 Å². The Bertz CT molecular complexity index is 952. The van der Waals surface area contributed by atoms with Crippen LogP contribution in [0.1, 0.15) is 58.1 Å². The van der Waals surface area contributed by atoms with Crippen LogP contribution < -0.4 is 10.5 Å². The molecule has 4 aliphatic heterocycles. The van der Waals surface area contributed by atoms with Gasteiger partial charge >= 0.3 is 0 Å². The van der Waals surface area contributed by atoms with Crippen LogP contribution in [0.25, 0.3) is 0 Å². The topological polar surface area (TPSA) is 85.1 Å². The Balaban J connectivity index is 1.32. The molecule has 1 aromatic carbocycles. The third kappa shape index (κ3) is 4.02. The first kappa shape index (κ1) is 22.9. The zero-order valence-corrected chi connectivity index (χ0v) is 20.4. The summed E-state index contributed by atoms with van der Waals surface area (Å²) in [7, 11) is 0. The summed E-state index contributed by atoms with van der Waals surface area (Å²) in [6.07, 6.45) is 3.31. The van der Waals surface area contributed by atoms with Crippen molar-refractivity contribution in [2.24, 2.45) is 17.6 Å². The van der Waals surface area contributed by atoms with Crippen molar-refractivity contribution in [3.8, 4) is 5.75 Å². The minimum Gasteiger partial charge on any atom is -0.487 e. The van der Waals surface area contributed by atoms with E-state index < -0.39 is 6.04 Å². The molecule has 4 aliphatic rings. The average Bonchev–Trinajstić information content (AvgIpc) is 3.27. The summed E-state index contributed by atoms with van der Waals surface area (Å²) >= 11 is 6.29. The van der Waals surface area contributed by atoms with E-state index in [4.69, 9.17) is 26.8 Å². The maximum Gasteiger partial charge on any atom is 0.245 e. The van der Waals surface area contributed by atoms with E-state index in [0.29, 0.717) is 31.1 Å². The van der Waals surface area contributed by atoms with Gasteiger partial charge in [-0.25, -0.2) is 0 Å². The molecule has 0 unspecified atom stereocenters. The van der Waals surface area contributed by atoms with Crippen molar-refractivity contribution in [3.63, 3.8) is 0 Å². The molecule has 2 N–H and O–H groups in total. The highest BCUT2D eigenvalue weighted by Gasteiger charge is 2.52. The fourth-order valence-corrected chi connectivity index (χ4v) is 6.42. The molecule has 33 heavy (non-hydrogen) atoms. The lowest BCUT2D eigenvalue weighted by molar-refractivity contribution is -0.189. The molecule has 0 spiro atoms. The number of carbonyl (C=O) groups excluding carboxylic acids is 2. The molecule has 0 radical (unpaired) electrons. The molecule has 3 fully saturated rings. The first-order valence-electron chi connectivity index (χ1n) is 12.1. The van der Waals surface area contributed by atoms with E-state index in [1.165, 1.54) is 0 Å². The van der Waals surface area contributed by atoms with E-state index in [-0.39, 0.29) is 47.5 Å². The summed E-state index contributed by atoms with van der Waals surface area (Å²) in [6, 6.07) is 4.78.